The van der Waals surface area contributed by atoms with Crippen LogP contribution >= 0.6 is 23.1 Å². The van der Waals surface area contributed by atoms with Gasteiger partial charge in [0.15, 0.2) is 0 Å². The zero-order valence-electron chi connectivity index (χ0n) is 11.7. The molecule has 1 aromatic rings. The molecule has 102 valence electrons. The molecular formula is C14H24N2S2. The molecule has 1 saturated heterocycles. The lowest BCUT2D eigenvalue weighted by Crippen LogP contribution is -2.07. The van der Waals surface area contributed by atoms with Gasteiger partial charge in [-0.2, -0.15) is 11.8 Å². The van der Waals surface area contributed by atoms with Gasteiger partial charge in [0.25, 0.3) is 0 Å². The van der Waals surface area contributed by atoms with Gasteiger partial charge in [-0.3, -0.25) is 0 Å². The Hall–Kier alpha value is -0.0600. The van der Waals surface area contributed by atoms with E-state index in [0.29, 0.717) is 11.2 Å². The van der Waals surface area contributed by atoms with Crippen molar-refractivity contribution in [2.45, 2.75) is 51.3 Å². The van der Waals surface area contributed by atoms with E-state index in [1.807, 2.05) is 18.4 Å². The summed E-state index contributed by atoms with van der Waals surface area (Å²) in [6.45, 7) is 5.52. The van der Waals surface area contributed by atoms with Crippen molar-refractivity contribution in [2.24, 2.45) is 5.92 Å². The molecule has 1 unspecified atom stereocenters. The van der Waals surface area contributed by atoms with Gasteiger partial charge in [-0.05, 0) is 38.0 Å². The molecule has 1 fully saturated rings. The second-order valence-electron chi connectivity index (χ2n) is 5.41. The van der Waals surface area contributed by atoms with Crippen molar-refractivity contribution in [1.29, 1.82) is 0 Å². The number of thioether (sulfide) groups is 1. The number of nitrogens with zero attached hydrogens (tertiary/aromatic N) is 1. The van der Waals surface area contributed by atoms with Gasteiger partial charge in [-0.1, -0.05) is 20.3 Å². The molecule has 2 rings (SSSR count). The predicted octanol–water partition coefficient (Wildman–Crippen LogP) is 4.02. The van der Waals surface area contributed by atoms with Crippen LogP contribution in [0.15, 0.2) is 0 Å². The van der Waals surface area contributed by atoms with Gasteiger partial charge in [-0.25, -0.2) is 4.98 Å². The average Bonchev–Trinajstić information content (AvgIpc) is 2.73. The van der Waals surface area contributed by atoms with E-state index >= 15 is 0 Å². The summed E-state index contributed by atoms with van der Waals surface area (Å²) in [5.74, 6) is 2.00. The van der Waals surface area contributed by atoms with Crippen LogP contribution in [0, 0.1) is 5.92 Å². The Morgan fingerprint density at radius 2 is 2.22 bits per heavy atom. The molecule has 18 heavy (non-hydrogen) atoms. The number of rotatable bonds is 5. The van der Waals surface area contributed by atoms with Crippen LogP contribution in [-0.2, 0) is 13.0 Å². The Morgan fingerprint density at radius 1 is 1.39 bits per heavy atom. The Morgan fingerprint density at radius 3 is 2.83 bits per heavy atom. The lowest BCUT2D eigenvalue weighted by molar-refractivity contribution is 0.626. The summed E-state index contributed by atoms with van der Waals surface area (Å²) in [5.41, 5.74) is 1.34. The summed E-state index contributed by atoms with van der Waals surface area (Å²) >= 11 is 4.04. The van der Waals surface area contributed by atoms with E-state index in [-0.39, 0.29) is 0 Å². The summed E-state index contributed by atoms with van der Waals surface area (Å²) in [4.78, 5) is 6.40. The monoisotopic (exact) mass is 284 g/mol. The Bertz CT molecular complexity index is 368. The maximum absolute atomic E-state index is 4.95. The van der Waals surface area contributed by atoms with Crippen LogP contribution in [0.5, 0.6) is 0 Å². The molecule has 0 aromatic carbocycles. The van der Waals surface area contributed by atoms with Gasteiger partial charge in [0, 0.05) is 11.4 Å². The van der Waals surface area contributed by atoms with Crippen LogP contribution < -0.4 is 5.32 Å². The summed E-state index contributed by atoms with van der Waals surface area (Å²) in [6.07, 6.45) is 5.19. The van der Waals surface area contributed by atoms with Gasteiger partial charge >= 0.3 is 0 Å². The van der Waals surface area contributed by atoms with Crippen molar-refractivity contribution in [2.75, 3.05) is 12.8 Å². The molecule has 1 aliphatic heterocycles. The fraction of sp³-hybridized carbons (Fsp3) is 0.786. The summed E-state index contributed by atoms with van der Waals surface area (Å²) in [6, 6.07) is 0. The molecule has 1 N–H and O–H groups in total. The third-order valence-electron chi connectivity index (χ3n) is 3.19. The SMILES string of the molecule is CNCc1sc(C2CCCCS2)nc1CC(C)C. The highest BCUT2D eigenvalue weighted by molar-refractivity contribution is 7.99. The fourth-order valence-corrected chi connectivity index (χ4v) is 4.97. The second-order valence-corrected chi connectivity index (χ2v) is 7.83. The fourth-order valence-electron chi connectivity index (χ4n) is 2.32. The van der Waals surface area contributed by atoms with Crippen LogP contribution in [-0.4, -0.2) is 17.8 Å². The maximum Gasteiger partial charge on any atom is 0.106 e. The molecule has 0 amide bonds. The van der Waals surface area contributed by atoms with Crippen molar-refractivity contribution in [3.8, 4) is 0 Å². The largest absolute Gasteiger partial charge is 0.315 e. The van der Waals surface area contributed by atoms with Crippen LogP contribution in [0.2, 0.25) is 0 Å². The topological polar surface area (TPSA) is 24.9 Å². The molecular weight excluding hydrogens is 260 g/mol. The van der Waals surface area contributed by atoms with Crippen LogP contribution in [0.4, 0.5) is 0 Å². The zero-order valence-corrected chi connectivity index (χ0v) is 13.3. The van der Waals surface area contributed by atoms with Crippen LogP contribution in [0.3, 0.4) is 0 Å². The number of hydrogen-bond donors (Lipinski definition) is 1. The molecule has 2 heterocycles. The lowest BCUT2D eigenvalue weighted by atomic mass is 10.1. The molecule has 0 radical (unpaired) electrons. The average molecular weight is 284 g/mol. The van der Waals surface area contributed by atoms with Gasteiger partial charge < -0.3 is 5.32 Å². The third-order valence-corrected chi connectivity index (χ3v) is 5.94. The van der Waals surface area contributed by atoms with Crippen molar-refractivity contribution in [3.05, 3.63) is 15.6 Å². The number of thiazole rings is 1. The number of aromatic nitrogens is 1. The minimum Gasteiger partial charge on any atom is -0.315 e. The molecule has 2 nitrogen and oxygen atoms in total. The molecule has 1 aliphatic rings. The molecule has 1 aromatic heterocycles. The maximum atomic E-state index is 4.95. The van der Waals surface area contributed by atoms with Gasteiger partial charge in [0.2, 0.25) is 0 Å². The molecule has 1 atom stereocenters. The van der Waals surface area contributed by atoms with E-state index in [9.17, 15) is 0 Å². The van der Waals surface area contributed by atoms with E-state index in [0.717, 1.165) is 13.0 Å². The van der Waals surface area contributed by atoms with Crippen molar-refractivity contribution in [1.82, 2.24) is 10.3 Å². The van der Waals surface area contributed by atoms with Crippen LogP contribution in [0.1, 0.15) is 53.9 Å². The lowest BCUT2D eigenvalue weighted by Gasteiger charge is -2.18. The zero-order chi connectivity index (χ0) is 13.0. The first-order valence-corrected chi connectivity index (χ1v) is 8.82. The summed E-state index contributed by atoms with van der Waals surface area (Å²) in [5, 5.41) is 5.32. The Balaban J connectivity index is 2.14. The molecule has 0 aliphatic carbocycles. The van der Waals surface area contributed by atoms with E-state index in [1.54, 1.807) is 0 Å². The normalized spacial score (nSPS) is 20.6. The smallest absolute Gasteiger partial charge is 0.106 e. The van der Waals surface area contributed by atoms with Crippen molar-refractivity contribution in [3.63, 3.8) is 0 Å². The standard InChI is InChI=1S/C14H24N2S2/c1-10(2)8-11-13(9-15-3)18-14(16-11)12-6-4-5-7-17-12/h10,12,15H,4-9H2,1-3H3. The Kier molecular flexibility index (Phi) is 5.52. The minimum absolute atomic E-state index is 0.667. The number of hydrogen-bond acceptors (Lipinski definition) is 4. The first-order valence-electron chi connectivity index (χ1n) is 6.95. The minimum atomic E-state index is 0.667. The Labute approximate surface area is 119 Å². The first-order chi connectivity index (χ1) is 8.70. The highest BCUT2D eigenvalue weighted by Gasteiger charge is 2.21. The molecule has 0 saturated carbocycles. The van der Waals surface area contributed by atoms with Gasteiger partial charge in [0.1, 0.15) is 5.01 Å². The second kappa shape index (κ2) is 6.92. The van der Waals surface area contributed by atoms with E-state index < -0.39 is 0 Å². The van der Waals surface area contributed by atoms with Crippen LogP contribution in [0.25, 0.3) is 0 Å². The predicted molar refractivity (Wildman–Crippen MR) is 82.5 cm³/mol. The summed E-state index contributed by atoms with van der Waals surface area (Å²) in [7, 11) is 2.02. The van der Waals surface area contributed by atoms with Gasteiger partial charge in [-0.15, -0.1) is 11.3 Å². The van der Waals surface area contributed by atoms with E-state index in [2.05, 4.69) is 30.9 Å². The van der Waals surface area contributed by atoms with E-state index in [1.165, 1.54) is 40.6 Å². The molecule has 4 heteroatoms. The summed E-state index contributed by atoms with van der Waals surface area (Å²) < 4.78 is 0. The first kappa shape index (κ1) is 14.4. The van der Waals surface area contributed by atoms with Gasteiger partial charge in [0.05, 0.1) is 10.9 Å². The molecule has 0 bridgehead atoms. The van der Waals surface area contributed by atoms with Crippen molar-refractivity contribution >= 4 is 23.1 Å². The number of nitrogens with one attached hydrogen (secondary N) is 1. The van der Waals surface area contributed by atoms with E-state index in [4.69, 9.17) is 4.98 Å². The molecule has 0 spiro atoms. The quantitative estimate of drug-likeness (QED) is 0.884. The highest BCUT2D eigenvalue weighted by Crippen LogP contribution is 2.40. The highest BCUT2D eigenvalue weighted by atomic mass is 32.2. The van der Waals surface area contributed by atoms with Crippen molar-refractivity contribution < 1.29 is 0 Å². The third kappa shape index (κ3) is 3.72.